The Balaban J connectivity index is 1.28. The molecule has 1 aromatic carbocycles. The third-order valence-electron chi connectivity index (χ3n) is 6.73. The molecular weight excluding hydrogens is 406 g/mol. The van der Waals surface area contributed by atoms with Crippen LogP contribution in [0.1, 0.15) is 60.8 Å². The van der Waals surface area contributed by atoms with Gasteiger partial charge in [-0.25, -0.2) is 9.48 Å². The molecule has 1 aromatic heterocycles. The number of hydrogen-bond donors (Lipinski definition) is 1. The summed E-state index contributed by atoms with van der Waals surface area (Å²) in [5.74, 6) is 0.871. The van der Waals surface area contributed by atoms with Crippen LogP contribution >= 0.6 is 0 Å². The Labute approximate surface area is 188 Å². The first kappa shape index (κ1) is 22.3. The minimum absolute atomic E-state index is 0.0421. The summed E-state index contributed by atoms with van der Waals surface area (Å²) < 4.78 is 3.32. The number of amides is 2. The SMILES string of the molecule is CCCn1nc2n(c1=O)CCC(NC(=O)C1CCN(C(=O)c3ccccc3C)CC1)CC2. The largest absolute Gasteiger partial charge is 0.353 e. The predicted octanol–water partition coefficient (Wildman–Crippen LogP) is 2.14. The number of likely N-dealkylation sites (tertiary alicyclic amines) is 1. The van der Waals surface area contributed by atoms with Crippen LogP contribution in [0.3, 0.4) is 0 Å². The highest BCUT2D eigenvalue weighted by molar-refractivity contribution is 5.95. The molecule has 3 heterocycles. The first-order chi connectivity index (χ1) is 15.5. The van der Waals surface area contributed by atoms with Gasteiger partial charge in [-0.2, -0.15) is 5.10 Å². The molecule has 2 aliphatic rings. The zero-order valence-electron chi connectivity index (χ0n) is 19.0. The predicted molar refractivity (Wildman–Crippen MR) is 121 cm³/mol. The van der Waals surface area contributed by atoms with E-state index in [1.54, 1.807) is 9.25 Å². The van der Waals surface area contributed by atoms with Gasteiger partial charge < -0.3 is 10.2 Å². The Morgan fingerprint density at radius 2 is 1.84 bits per heavy atom. The van der Waals surface area contributed by atoms with Crippen molar-refractivity contribution in [1.29, 1.82) is 0 Å². The molecule has 2 amide bonds. The van der Waals surface area contributed by atoms with Crippen LogP contribution < -0.4 is 11.0 Å². The minimum atomic E-state index is -0.0713. The van der Waals surface area contributed by atoms with Gasteiger partial charge in [0.2, 0.25) is 5.91 Å². The standard InChI is InChI=1S/C24H33N5O3/c1-3-13-29-24(32)28-16-12-19(8-9-21(28)26-29)25-22(30)18-10-14-27(15-11-18)23(31)20-7-5-4-6-17(20)2/h4-7,18-19H,3,8-16H2,1-2H3,(H,25,30). The zero-order valence-corrected chi connectivity index (χ0v) is 19.0. The van der Waals surface area contributed by atoms with Crippen molar-refractivity contribution >= 4 is 11.8 Å². The van der Waals surface area contributed by atoms with Crippen LogP contribution in [0.5, 0.6) is 0 Å². The van der Waals surface area contributed by atoms with Gasteiger partial charge in [-0.1, -0.05) is 25.1 Å². The topological polar surface area (TPSA) is 89.2 Å². The molecule has 8 nitrogen and oxygen atoms in total. The molecule has 0 saturated carbocycles. The van der Waals surface area contributed by atoms with Crippen LogP contribution in [0.2, 0.25) is 0 Å². The number of rotatable bonds is 5. The van der Waals surface area contributed by atoms with Crippen LogP contribution in [0.15, 0.2) is 29.1 Å². The number of benzene rings is 1. The Bertz CT molecular complexity index is 1030. The Kier molecular flexibility index (Phi) is 6.77. The third kappa shape index (κ3) is 4.64. The van der Waals surface area contributed by atoms with E-state index in [4.69, 9.17) is 0 Å². The average Bonchev–Trinajstić information content (AvgIpc) is 2.96. The van der Waals surface area contributed by atoms with E-state index in [0.717, 1.165) is 36.2 Å². The Morgan fingerprint density at radius 3 is 2.56 bits per heavy atom. The lowest BCUT2D eigenvalue weighted by molar-refractivity contribution is -0.127. The first-order valence-electron chi connectivity index (χ1n) is 11.8. The lowest BCUT2D eigenvalue weighted by Crippen LogP contribution is -2.45. The van der Waals surface area contributed by atoms with Gasteiger partial charge in [0, 0.05) is 50.1 Å². The Hall–Kier alpha value is -2.90. The van der Waals surface area contributed by atoms with Gasteiger partial charge in [0.05, 0.1) is 0 Å². The van der Waals surface area contributed by atoms with Gasteiger partial charge in [-0.3, -0.25) is 14.2 Å². The molecule has 0 aliphatic carbocycles. The summed E-state index contributed by atoms with van der Waals surface area (Å²) in [4.78, 5) is 40.1. The fourth-order valence-corrected chi connectivity index (χ4v) is 4.78. The number of nitrogens with one attached hydrogen (secondary N) is 1. The van der Waals surface area contributed by atoms with Crippen molar-refractivity contribution in [3.05, 3.63) is 51.7 Å². The van der Waals surface area contributed by atoms with E-state index in [0.29, 0.717) is 45.4 Å². The molecule has 0 radical (unpaired) electrons. The molecule has 1 N–H and O–H groups in total. The number of carbonyl (C=O) groups excluding carboxylic acids is 2. The van der Waals surface area contributed by atoms with Gasteiger partial charge in [-0.05, 0) is 50.7 Å². The number of piperidine rings is 1. The number of aryl methyl sites for hydroxylation is 3. The maximum Gasteiger partial charge on any atom is 0.345 e. The normalized spacial score (nSPS) is 19.3. The van der Waals surface area contributed by atoms with E-state index in [-0.39, 0.29) is 29.5 Å². The summed E-state index contributed by atoms with van der Waals surface area (Å²) in [5.41, 5.74) is 1.68. The van der Waals surface area contributed by atoms with Crippen molar-refractivity contribution in [2.75, 3.05) is 13.1 Å². The zero-order chi connectivity index (χ0) is 22.7. The summed E-state index contributed by atoms with van der Waals surface area (Å²) in [6.07, 6.45) is 4.46. The van der Waals surface area contributed by atoms with E-state index in [9.17, 15) is 14.4 Å². The van der Waals surface area contributed by atoms with E-state index in [1.165, 1.54) is 0 Å². The maximum atomic E-state index is 12.9. The maximum absolute atomic E-state index is 12.9. The summed E-state index contributed by atoms with van der Waals surface area (Å²) in [6, 6.07) is 7.69. The summed E-state index contributed by atoms with van der Waals surface area (Å²) >= 11 is 0. The fourth-order valence-electron chi connectivity index (χ4n) is 4.78. The van der Waals surface area contributed by atoms with Gasteiger partial charge in [0.1, 0.15) is 5.82 Å². The third-order valence-corrected chi connectivity index (χ3v) is 6.73. The van der Waals surface area contributed by atoms with Gasteiger partial charge in [-0.15, -0.1) is 0 Å². The second-order valence-electron chi connectivity index (χ2n) is 8.99. The molecule has 1 atom stereocenters. The second-order valence-corrected chi connectivity index (χ2v) is 8.99. The number of hydrogen-bond acceptors (Lipinski definition) is 4. The number of nitrogens with zero attached hydrogens (tertiary/aromatic N) is 4. The molecule has 1 saturated heterocycles. The monoisotopic (exact) mass is 439 g/mol. The van der Waals surface area contributed by atoms with Crippen molar-refractivity contribution in [1.82, 2.24) is 24.6 Å². The van der Waals surface area contributed by atoms with Crippen molar-refractivity contribution in [3.8, 4) is 0 Å². The summed E-state index contributed by atoms with van der Waals surface area (Å²) in [7, 11) is 0. The molecule has 0 spiro atoms. The van der Waals surface area contributed by atoms with Crippen molar-refractivity contribution in [2.45, 2.75) is 71.5 Å². The molecule has 2 aromatic rings. The minimum Gasteiger partial charge on any atom is -0.353 e. The number of aromatic nitrogens is 3. The molecule has 8 heteroatoms. The molecule has 2 aliphatic heterocycles. The quantitative estimate of drug-likeness (QED) is 0.773. The molecule has 0 bridgehead atoms. The first-order valence-corrected chi connectivity index (χ1v) is 11.8. The van der Waals surface area contributed by atoms with Crippen LogP contribution in [-0.4, -0.2) is 50.2 Å². The molecule has 1 unspecified atom stereocenters. The van der Waals surface area contributed by atoms with Gasteiger partial charge >= 0.3 is 5.69 Å². The fraction of sp³-hybridized carbons (Fsp3) is 0.583. The Morgan fingerprint density at radius 1 is 1.09 bits per heavy atom. The second kappa shape index (κ2) is 9.71. The van der Waals surface area contributed by atoms with Crippen molar-refractivity contribution < 1.29 is 9.59 Å². The average molecular weight is 440 g/mol. The van der Waals surface area contributed by atoms with Crippen molar-refractivity contribution in [2.24, 2.45) is 5.92 Å². The van der Waals surface area contributed by atoms with Crippen molar-refractivity contribution in [3.63, 3.8) is 0 Å². The van der Waals surface area contributed by atoms with E-state index < -0.39 is 0 Å². The molecular formula is C24H33N5O3. The van der Waals surface area contributed by atoms with E-state index in [2.05, 4.69) is 10.4 Å². The van der Waals surface area contributed by atoms with E-state index >= 15 is 0 Å². The lowest BCUT2D eigenvalue weighted by atomic mass is 9.94. The molecule has 1 fully saturated rings. The molecule has 172 valence electrons. The summed E-state index contributed by atoms with van der Waals surface area (Å²) in [6.45, 7) is 6.41. The van der Waals surface area contributed by atoms with Gasteiger partial charge in [0.15, 0.2) is 0 Å². The highest BCUT2D eigenvalue weighted by atomic mass is 16.2. The highest BCUT2D eigenvalue weighted by Gasteiger charge is 2.30. The summed E-state index contributed by atoms with van der Waals surface area (Å²) in [5, 5.41) is 7.68. The lowest BCUT2D eigenvalue weighted by Gasteiger charge is -2.32. The highest BCUT2D eigenvalue weighted by Crippen LogP contribution is 2.21. The van der Waals surface area contributed by atoms with E-state index in [1.807, 2.05) is 43.0 Å². The van der Waals surface area contributed by atoms with Crippen LogP contribution in [0, 0.1) is 12.8 Å². The van der Waals surface area contributed by atoms with Crippen LogP contribution in [-0.2, 0) is 24.3 Å². The molecule has 4 rings (SSSR count). The molecule has 32 heavy (non-hydrogen) atoms. The number of fused-ring (bicyclic) bond motifs is 1. The smallest absolute Gasteiger partial charge is 0.345 e. The van der Waals surface area contributed by atoms with Crippen LogP contribution in [0.25, 0.3) is 0 Å². The van der Waals surface area contributed by atoms with Crippen LogP contribution in [0.4, 0.5) is 0 Å². The van der Waals surface area contributed by atoms with Gasteiger partial charge in [0.25, 0.3) is 5.91 Å². The number of carbonyl (C=O) groups is 2.